The quantitative estimate of drug-likeness (QED) is 0.532. The van der Waals surface area contributed by atoms with Gasteiger partial charge in [-0.05, 0) is 44.7 Å². The number of carbonyl (C=O) groups is 1. The standard InChI is InChI=1S/C13H28N2O2.ClH/c1-11(2)9-12(6-8-16)10-15-13(17)5-4-7-14-3;/h11-12,14,16H,4-10H2,1-3H3,(H,15,17);1H. The zero-order chi connectivity index (χ0) is 13.1. The van der Waals surface area contributed by atoms with Gasteiger partial charge in [0.15, 0.2) is 0 Å². The second-order valence-electron chi connectivity index (χ2n) is 5.02. The number of amides is 1. The lowest BCUT2D eigenvalue weighted by atomic mass is 9.94. The summed E-state index contributed by atoms with van der Waals surface area (Å²) in [7, 11) is 1.89. The predicted octanol–water partition coefficient (Wildman–Crippen LogP) is 1.57. The predicted molar refractivity (Wildman–Crippen MR) is 78.1 cm³/mol. The molecule has 0 rings (SSSR count). The molecule has 0 heterocycles. The van der Waals surface area contributed by atoms with E-state index in [4.69, 9.17) is 5.11 Å². The van der Waals surface area contributed by atoms with E-state index in [1.165, 1.54) is 0 Å². The van der Waals surface area contributed by atoms with Crippen molar-refractivity contribution in [1.29, 1.82) is 0 Å². The van der Waals surface area contributed by atoms with Crippen LogP contribution in [0.15, 0.2) is 0 Å². The van der Waals surface area contributed by atoms with Crippen molar-refractivity contribution in [2.24, 2.45) is 11.8 Å². The molecule has 0 saturated carbocycles. The van der Waals surface area contributed by atoms with Crippen LogP contribution in [0.1, 0.15) is 39.5 Å². The summed E-state index contributed by atoms with van der Waals surface area (Å²) in [6.45, 7) is 6.10. The highest BCUT2D eigenvalue weighted by Gasteiger charge is 2.11. The zero-order valence-corrected chi connectivity index (χ0v) is 12.7. The van der Waals surface area contributed by atoms with Crippen molar-refractivity contribution in [2.45, 2.75) is 39.5 Å². The van der Waals surface area contributed by atoms with Gasteiger partial charge in [0, 0.05) is 19.6 Å². The third-order valence-electron chi connectivity index (χ3n) is 2.76. The van der Waals surface area contributed by atoms with E-state index in [-0.39, 0.29) is 24.9 Å². The molecule has 0 radical (unpaired) electrons. The maximum absolute atomic E-state index is 11.5. The molecule has 3 N–H and O–H groups in total. The van der Waals surface area contributed by atoms with Gasteiger partial charge in [-0.15, -0.1) is 12.4 Å². The fourth-order valence-corrected chi connectivity index (χ4v) is 1.92. The van der Waals surface area contributed by atoms with Crippen LogP contribution in [0.25, 0.3) is 0 Å². The number of carbonyl (C=O) groups excluding carboxylic acids is 1. The van der Waals surface area contributed by atoms with Crippen LogP contribution in [0.5, 0.6) is 0 Å². The Kier molecular flexibility index (Phi) is 14.6. The largest absolute Gasteiger partial charge is 0.396 e. The summed E-state index contributed by atoms with van der Waals surface area (Å²) in [5.74, 6) is 1.12. The Hall–Kier alpha value is -0.320. The molecule has 0 aromatic heterocycles. The Bertz CT molecular complexity index is 201. The third-order valence-corrected chi connectivity index (χ3v) is 2.76. The Morgan fingerprint density at radius 1 is 1.33 bits per heavy atom. The molecule has 0 aliphatic carbocycles. The molecule has 0 aromatic carbocycles. The van der Waals surface area contributed by atoms with Gasteiger partial charge in [-0.25, -0.2) is 0 Å². The molecule has 1 atom stereocenters. The van der Waals surface area contributed by atoms with Gasteiger partial charge < -0.3 is 15.7 Å². The topological polar surface area (TPSA) is 61.4 Å². The van der Waals surface area contributed by atoms with Crippen LogP contribution < -0.4 is 10.6 Å². The molecule has 0 saturated heterocycles. The number of nitrogens with one attached hydrogen (secondary N) is 2. The zero-order valence-electron chi connectivity index (χ0n) is 11.9. The summed E-state index contributed by atoms with van der Waals surface area (Å²) >= 11 is 0. The smallest absolute Gasteiger partial charge is 0.220 e. The van der Waals surface area contributed by atoms with Gasteiger partial charge in [0.1, 0.15) is 0 Å². The summed E-state index contributed by atoms with van der Waals surface area (Å²) in [6, 6.07) is 0. The van der Waals surface area contributed by atoms with Crippen LogP contribution in [0.2, 0.25) is 0 Å². The van der Waals surface area contributed by atoms with Crippen molar-refractivity contribution in [1.82, 2.24) is 10.6 Å². The molecule has 0 bridgehead atoms. The van der Waals surface area contributed by atoms with Gasteiger partial charge in [0.2, 0.25) is 5.91 Å². The second-order valence-corrected chi connectivity index (χ2v) is 5.02. The molecule has 1 unspecified atom stereocenters. The van der Waals surface area contributed by atoms with Crippen LogP contribution in [-0.4, -0.2) is 37.8 Å². The molecular formula is C13H29ClN2O2. The molecule has 0 aliphatic heterocycles. The highest BCUT2D eigenvalue weighted by atomic mass is 35.5. The average molecular weight is 281 g/mol. The Balaban J connectivity index is 0. The maximum Gasteiger partial charge on any atom is 0.220 e. The Labute approximate surface area is 117 Å². The first-order valence-electron chi connectivity index (χ1n) is 6.62. The number of aliphatic hydroxyl groups excluding tert-OH is 1. The van der Waals surface area contributed by atoms with Crippen LogP contribution in [0, 0.1) is 11.8 Å². The van der Waals surface area contributed by atoms with Crippen LogP contribution in [-0.2, 0) is 4.79 Å². The maximum atomic E-state index is 11.5. The van der Waals surface area contributed by atoms with Crippen molar-refractivity contribution in [2.75, 3.05) is 26.7 Å². The summed E-state index contributed by atoms with van der Waals surface area (Å²) in [6.07, 6.45) is 3.28. The minimum atomic E-state index is 0. The number of aliphatic hydroxyl groups is 1. The van der Waals surface area contributed by atoms with Gasteiger partial charge >= 0.3 is 0 Å². The molecule has 0 fully saturated rings. The number of hydrogen-bond donors (Lipinski definition) is 3. The fraction of sp³-hybridized carbons (Fsp3) is 0.923. The first-order valence-corrected chi connectivity index (χ1v) is 6.62. The lowest BCUT2D eigenvalue weighted by molar-refractivity contribution is -0.121. The van der Waals surface area contributed by atoms with Crippen molar-refractivity contribution >= 4 is 18.3 Å². The van der Waals surface area contributed by atoms with E-state index in [9.17, 15) is 4.79 Å². The number of halogens is 1. The summed E-state index contributed by atoms with van der Waals surface area (Å²) in [5, 5.41) is 14.9. The summed E-state index contributed by atoms with van der Waals surface area (Å²) < 4.78 is 0. The molecule has 5 heteroatoms. The van der Waals surface area contributed by atoms with E-state index < -0.39 is 0 Å². The molecule has 18 heavy (non-hydrogen) atoms. The molecule has 4 nitrogen and oxygen atoms in total. The second kappa shape index (κ2) is 13.1. The van der Waals surface area contributed by atoms with E-state index in [0.717, 1.165) is 25.8 Å². The highest BCUT2D eigenvalue weighted by Crippen LogP contribution is 2.14. The van der Waals surface area contributed by atoms with Crippen molar-refractivity contribution < 1.29 is 9.90 Å². The molecule has 0 aromatic rings. The molecule has 0 spiro atoms. The van der Waals surface area contributed by atoms with Crippen molar-refractivity contribution in [3.05, 3.63) is 0 Å². The van der Waals surface area contributed by atoms with E-state index in [1.807, 2.05) is 7.05 Å². The van der Waals surface area contributed by atoms with Gasteiger partial charge in [0.05, 0.1) is 0 Å². The lowest BCUT2D eigenvalue weighted by Gasteiger charge is -2.18. The summed E-state index contributed by atoms with van der Waals surface area (Å²) in [5.41, 5.74) is 0. The van der Waals surface area contributed by atoms with Gasteiger partial charge in [-0.3, -0.25) is 4.79 Å². The van der Waals surface area contributed by atoms with Crippen LogP contribution in [0.4, 0.5) is 0 Å². The van der Waals surface area contributed by atoms with E-state index >= 15 is 0 Å². The first kappa shape index (κ1) is 20.0. The first-order chi connectivity index (χ1) is 8.10. The third kappa shape index (κ3) is 12.1. The van der Waals surface area contributed by atoms with Gasteiger partial charge in [-0.2, -0.15) is 0 Å². The Morgan fingerprint density at radius 3 is 2.50 bits per heavy atom. The van der Waals surface area contributed by atoms with E-state index in [2.05, 4.69) is 24.5 Å². The van der Waals surface area contributed by atoms with Gasteiger partial charge in [0.25, 0.3) is 0 Å². The fourth-order valence-electron chi connectivity index (χ4n) is 1.92. The number of rotatable bonds is 10. The summed E-state index contributed by atoms with van der Waals surface area (Å²) in [4.78, 5) is 11.5. The average Bonchev–Trinajstić information content (AvgIpc) is 2.26. The SMILES string of the molecule is CNCCCC(=O)NCC(CCO)CC(C)C.Cl. The van der Waals surface area contributed by atoms with E-state index in [1.54, 1.807) is 0 Å². The molecular weight excluding hydrogens is 252 g/mol. The van der Waals surface area contributed by atoms with Crippen molar-refractivity contribution in [3.63, 3.8) is 0 Å². The highest BCUT2D eigenvalue weighted by molar-refractivity contribution is 5.85. The van der Waals surface area contributed by atoms with Crippen LogP contribution >= 0.6 is 12.4 Å². The molecule has 1 amide bonds. The Morgan fingerprint density at radius 2 is 2.00 bits per heavy atom. The normalized spacial score (nSPS) is 12.1. The molecule has 0 aliphatic rings. The molecule has 110 valence electrons. The van der Waals surface area contributed by atoms with Crippen molar-refractivity contribution in [3.8, 4) is 0 Å². The monoisotopic (exact) mass is 280 g/mol. The number of hydrogen-bond acceptors (Lipinski definition) is 3. The van der Waals surface area contributed by atoms with Gasteiger partial charge in [-0.1, -0.05) is 13.8 Å². The minimum Gasteiger partial charge on any atom is -0.396 e. The van der Waals surface area contributed by atoms with E-state index in [0.29, 0.717) is 24.8 Å². The lowest BCUT2D eigenvalue weighted by Crippen LogP contribution is -2.30. The van der Waals surface area contributed by atoms with Crippen LogP contribution in [0.3, 0.4) is 0 Å². The minimum absolute atomic E-state index is 0.